The van der Waals surface area contributed by atoms with Crippen molar-refractivity contribution in [2.24, 2.45) is 5.92 Å². The topological polar surface area (TPSA) is 99.5 Å². The molecular weight excluding hydrogens is 541 g/mol. The third-order valence-corrected chi connectivity index (χ3v) is 7.46. The molecule has 0 amide bonds. The lowest BCUT2D eigenvalue weighted by Gasteiger charge is -2.32. The quantitative estimate of drug-likeness (QED) is 0.171. The van der Waals surface area contributed by atoms with Crippen LogP contribution in [0.25, 0.3) is 0 Å². The van der Waals surface area contributed by atoms with Crippen LogP contribution >= 0.6 is 34.8 Å². The van der Waals surface area contributed by atoms with Crippen LogP contribution in [0.3, 0.4) is 0 Å². The lowest BCUT2D eigenvalue weighted by Crippen LogP contribution is -2.43. The van der Waals surface area contributed by atoms with Crippen LogP contribution in [0.2, 0.25) is 10.0 Å². The molecule has 1 saturated heterocycles. The molecule has 4 rings (SSSR count). The summed E-state index contributed by atoms with van der Waals surface area (Å²) in [5.74, 6) is 0.874. The maximum absolute atomic E-state index is 11.7. The van der Waals surface area contributed by atoms with Crippen molar-refractivity contribution in [2.45, 2.75) is 37.8 Å². The van der Waals surface area contributed by atoms with E-state index in [1.807, 2.05) is 36.4 Å². The van der Waals surface area contributed by atoms with E-state index in [0.717, 1.165) is 11.1 Å². The predicted molar refractivity (Wildman–Crippen MR) is 143 cm³/mol. The number of halogens is 3. The van der Waals surface area contributed by atoms with Crippen LogP contribution in [0, 0.1) is 16.0 Å². The summed E-state index contributed by atoms with van der Waals surface area (Å²) in [6, 6.07) is 12.3. The normalized spacial score (nSPS) is 20.0. The highest BCUT2D eigenvalue weighted by atomic mass is 35.5. The van der Waals surface area contributed by atoms with Gasteiger partial charge in [-0.1, -0.05) is 49.2 Å². The number of nitrogens with zero attached hydrogens (tertiary/aromatic N) is 2. The Labute approximate surface area is 230 Å². The van der Waals surface area contributed by atoms with Crippen LogP contribution < -0.4 is 9.47 Å². The third kappa shape index (κ3) is 6.14. The van der Waals surface area contributed by atoms with Gasteiger partial charge in [0.2, 0.25) is 6.04 Å². The fourth-order valence-corrected chi connectivity index (χ4v) is 5.25. The number of benzene rings is 2. The number of nitrogens with one attached hydrogen (secondary N) is 1. The van der Waals surface area contributed by atoms with Crippen molar-refractivity contribution in [3.63, 3.8) is 0 Å². The summed E-state index contributed by atoms with van der Waals surface area (Å²) in [5, 5.41) is 19.5. The molecule has 0 radical (unpaired) electrons. The number of aromatic nitrogens is 2. The van der Waals surface area contributed by atoms with Crippen LogP contribution in [-0.2, 0) is 10.2 Å². The Kier molecular flexibility index (Phi) is 8.85. The first-order valence-corrected chi connectivity index (χ1v) is 13.2. The Bertz CT molecular complexity index is 1180. The molecule has 0 bridgehead atoms. The van der Waals surface area contributed by atoms with Crippen molar-refractivity contribution in [1.82, 2.24) is 10.2 Å². The minimum absolute atomic E-state index is 0.126. The zero-order chi connectivity index (χ0) is 26.6. The molecule has 1 aliphatic heterocycles. The fraction of sp³-hybridized carbons (Fsp3) is 0.423. The smallest absolute Gasteiger partial charge is 0.224 e. The van der Waals surface area contributed by atoms with Crippen molar-refractivity contribution in [3.8, 4) is 11.5 Å². The molecule has 0 aliphatic carbocycles. The van der Waals surface area contributed by atoms with Gasteiger partial charge in [0.1, 0.15) is 25.1 Å². The number of alkyl halides is 1. The average Bonchev–Trinajstić information content (AvgIpc) is 3.42. The highest BCUT2D eigenvalue weighted by Crippen LogP contribution is 2.41. The lowest BCUT2D eigenvalue weighted by atomic mass is 9.78. The molecule has 0 saturated carbocycles. The maximum Gasteiger partial charge on any atom is 0.224 e. The van der Waals surface area contributed by atoms with Crippen molar-refractivity contribution in [3.05, 3.63) is 85.6 Å². The molecule has 11 heteroatoms. The molecule has 0 spiro atoms. The van der Waals surface area contributed by atoms with Gasteiger partial charge in [0.05, 0.1) is 34.1 Å². The third-order valence-electron chi connectivity index (χ3n) is 6.74. The lowest BCUT2D eigenvalue weighted by molar-refractivity contribution is -0.542. The summed E-state index contributed by atoms with van der Waals surface area (Å²) in [4.78, 5) is 11.5. The highest BCUT2D eigenvalue weighted by molar-refractivity contribution is 6.37. The average molecular weight is 569 g/mol. The first-order valence-electron chi connectivity index (χ1n) is 11.9. The second kappa shape index (κ2) is 11.9. The van der Waals surface area contributed by atoms with E-state index in [-0.39, 0.29) is 11.5 Å². The molecule has 198 valence electrons. The zero-order valence-corrected chi connectivity index (χ0v) is 22.7. The van der Waals surface area contributed by atoms with Gasteiger partial charge in [-0.2, -0.15) is 5.10 Å². The van der Waals surface area contributed by atoms with Crippen molar-refractivity contribution >= 4 is 34.8 Å². The van der Waals surface area contributed by atoms with E-state index >= 15 is 0 Å². The molecule has 2 aromatic carbocycles. The second-order valence-corrected chi connectivity index (χ2v) is 10.6. The molecule has 3 unspecified atom stereocenters. The Morgan fingerprint density at radius 1 is 1.14 bits per heavy atom. The SMILES string of the molecule is CC(C)(c1ccc(OCC2C(c3cc[nH]n3)OCCC2[N+](=O)[O-])cc1)c1cc(Cl)c(OCCCl)c(Cl)c1. The van der Waals surface area contributed by atoms with Gasteiger partial charge in [-0.3, -0.25) is 15.2 Å². The van der Waals surface area contributed by atoms with Crippen LogP contribution in [0.1, 0.15) is 43.2 Å². The van der Waals surface area contributed by atoms with E-state index in [9.17, 15) is 10.1 Å². The molecule has 1 fully saturated rings. The molecule has 8 nitrogen and oxygen atoms in total. The number of nitro groups is 1. The monoisotopic (exact) mass is 567 g/mol. The van der Waals surface area contributed by atoms with Crippen molar-refractivity contribution in [1.29, 1.82) is 0 Å². The summed E-state index contributed by atoms with van der Waals surface area (Å²) < 4.78 is 17.5. The van der Waals surface area contributed by atoms with E-state index in [4.69, 9.17) is 49.0 Å². The zero-order valence-electron chi connectivity index (χ0n) is 20.5. The van der Waals surface area contributed by atoms with Gasteiger partial charge in [-0.05, 0) is 41.5 Å². The van der Waals surface area contributed by atoms with E-state index < -0.39 is 23.5 Å². The molecule has 1 N–H and O–H groups in total. The Morgan fingerprint density at radius 3 is 2.43 bits per heavy atom. The molecule has 3 aromatic rings. The summed E-state index contributed by atoms with van der Waals surface area (Å²) in [6.07, 6.45) is 1.49. The van der Waals surface area contributed by atoms with E-state index in [0.29, 0.717) is 52.8 Å². The van der Waals surface area contributed by atoms with Gasteiger partial charge in [0.15, 0.2) is 5.75 Å². The van der Waals surface area contributed by atoms with Crippen LogP contribution in [-0.4, -0.2) is 46.9 Å². The van der Waals surface area contributed by atoms with Crippen molar-refractivity contribution < 1.29 is 19.1 Å². The first-order chi connectivity index (χ1) is 17.7. The molecule has 1 aromatic heterocycles. The molecule has 1 aliphatic rings. The van der Waals surface area contributed by atoms with E-state index in [1.165, 1.54) is 0 Å². The van der Waals surface area contributed by atoms with Crippen LogP contribution in [0.5, 0.6) is 11.5 Å². The van der Waals surface area contributed by atoms with Gasteiger partial charge >= 0.3 is 0 Å². The minimum atomic E-state index is -0.778. The number of rotatable bonds is 10. The second-order valence-electron chi connectivity index (χ2n) is 9.36. The van der Waals surface area contributed by atoms with Gasteiger partial charge in [0, 0.05) is 23.0 Å². The largest absolute Gasteiger partial charge is 0.493 e. The summed E-state index contributed by atoms with van der Waals surface area (Å²) in [5.41, 5.74) is 2.15. The number of hydrogen-bond donors (Lipinski definition) is 1. The first kappa shape index (κ1) is 27.5. The summed E-state index contributed by atoms with van der Waals surface area (Å²) in [7, 11) is 0. The molecule has 37 heavy (non-hydrogen) atoms. The van der Waals surface area contributed by atoms with Gasteiger partial charge in [0.25, 0.3) is 0 Å². The number of H-pyrrole nitrogens is 1. The summed E-state index contributed by atoms with van der Waals surface area (Å²) in [6.45, 7) is 4.88. The molecule has 3 atom stereocenters. The van der Waals surface area contributed by atoms with Crippen LogP contribution in [0.4, 0.5) is 0 Å². The standard InChI is InChI=1S/C26H28Cl3N3O5/c1-26(2,17-13-20(28)25(21(29)14-17)36-12-9-27)16-3-5-18(6-4-16)37-15-19-23(32(33)34)8-11-35-24(19)22-7-10-30-31-22/h3-7,10,13-14,19,23-24H,8-9,11-12,15H2,1-2H3,(H,30,31). The van der Waals surface area contributed by atoms with E-state index in [2.05, 4.69) is 24.0 Å². The Balaban J connectivity index is 1.49. The van der Waals surface area contributed by atoms with Gasteiger partial charge in [-0.15, -0.1) is 11.6 Å². The van der Waals surface area contributed by atoms with Crippen molar-refractivity contribution in [2.75, 3.05) is 25.7 Å². The Hall–Kier alpha value is -2.52. The molecule has 2 heterocycles. The number of aromatic amines is 1. The fourth-order valence-electron chi connectivity index (χ4n) is 4.58. The highest BCUT2D eigenvalue weighted by Gasteiger charge is 2.43. The van der Waals surface area contributed by atoms with Gasteiger partial charge in [-0.25, -0.2) is 0 Å². The summed E-state index contributed by atoms with van der Waals surface area (Å²) >= 11 is 18.6. The maximum atomic E-state index is 11.7. The minimum Gasteiger partial charge on any atom is -0.493 e. The van der Waals surface area contributed by atoms with Gasteiger partial charge < -0.3 is 14.2 Å². The number of hydrogen-bond acceptors (Lipinski definition) is 6. The molecular formula is C26H28Cl3N3O5. The Morgan fingerprint density at radius 2 is 1.84 bits per heavy atom. The number of ether oxygens (including phenoxy) is 3. The van der Waals surface area contributed by atoms with E-state index in [1.54, 1.807) is 12.3 Å². The predicted octanol–water partition coefficient (Wildman–Crippen LogP) is 6.46. The van der Waals surface area contributed by atoms with Crippen LogP contribution in [0.15, 0.2) is 48.7 Å².